The first kappa shape index (κ1) is 18.7. The van der Waals surface area contributed by atoms with Gasteiger partial charge in [0.05, 0.1) is 18.9 Å². The Morgan fingerprint density at radius 2 is 2.14 bits per heavy atom. The van der Waals surface area contributed by atoms with Crippen LogP contribution in [-0.2, 0) is 9.59 Å². The molecule has 1 aromatic rings. The Morgan fingerprint density at radius 1 is 1.43 bits per heavy atom. The Morgan fingerprint density at radius 3 is 2.79 bits per heavy atom. The van der Waals surface area contributed by atoms with Gasteiger partial charge in [0, 0.05) is 30.3 Å². The maximum absolute atomic E-state index is 12.9. The van der Waals surface area contributed by atoms with Crippen LogP contribution in [0.5, 0.6) is 11.5 Å². The van der Waals surface area contributed by atoms with Crippen LogP contribution in [-0.4, -0.2) is 52.4 Å². The van der Waals surface area contributed by atoms with Crippen LogP contribution in [0.3, 0.4) is 0 Å². The number of rotatable bonds is 5. The van der Waals surface area contributed by atoms with Crippen molar-refractivity contribution in [3.05, 3.63) is 18.0 Å². The number of pyridine rings is 1. The molecule has 0 radical (unpaired) electrons. The topological polar surface area (TPSA) is 109 Å². The summed E-state index contributed by atoms with van der Waals surface area (Å²) in [6.07, 6.45) is 2.03. The second kappa shape index (κ2) is 6.18. The monoisotopic (exact) mass is 387 g/mol. The van der Waals surface area contributed by atoms with Crippen molar-refractivity contribution in [3.8, 4) is 11.5 Å². The second-order valence-electron chi connectivity index (χ2n) is 8.63. The lowest BCUT2D eigenvalue weighted by Crippen LogP contribution is -2.74. The van der Waals surface area contributed by atoms with Crippen molar-refractivity contribution in [1.82, 2.24) is 15.2 Å². The Labute approximate surface area is 163 Å². The number of hydrogen-bond acceptors (Lipinski definition) is 6. The summed E-state index contributed by atoms with van der Waals surface area (Å²) in [4.78, 5) is 43.5. The van der Waals surface area contributed by atoms with Gasteiger partial charge in [-0.15, -0.1) is 0 Å². The number of imide groups is 1. The first-order valence-electron chi connectivity index (χ1n) is 9.59. The summed E-state index contributed by atoms with van der Waals surface area (Å²) in [5, 5.41) is 13.1. The van der Waals surface area contributed by atoms with Crippen LogP contribution in [0, 0.1) is 29.1 Å². The molecule has 28 heavy (non-hydrogen) atoms. The summed E-state index contributed by atoms with van der Waals surface area (Å²) in [5.41, 5.74) is -0.551. The lowest BCUT2D eigenvalue weighted by molar-refractivity contribution is -0.197. The fraction of sp³-hybridized carbons (Fsp3) is 0.600. The Kier molecular flexibility index (Phi) is 4.13. The Hall–Kier alpha value is -2.64. The average molecular weight is 387 g/mol. The molecule has 0 aromatic carbocycles. The van der Waals surface area contributed by atoms with Crippen molar-refractivity contribution in [2.24, 2.45) is 29.1 Å². The molecule has 150 valence electrons. The zero-order chi connectivity index (χ0) is 20.4. The fourth-order valence-electron chi connectivity index (χ4n) is 5.29. The van der Waals surface area contributed by atoms with Gasteiger partial charge < -0.3 is 15.2 Å². The van der Waals surface area contributed by atoms with Crippen LogP contribution in [0.1, 0.15) is 37.7 Å². The number of ether oxygens (including phenoxy) is 1. The summed E-state index contributed by atoms with van der Waals surface area (Å²) < 4.78 is 5.02. The van der Waals surface area contributed by atoms with E-state index in [1.807, 2.05) is 20.8 Å². The zero-order valence-electron chi connectivity index (χ0n) is 16.4. The molecule has 8 heteroatoms. The minimum absolute atomic E-state index is 0.0666. The number of amides is 3. The lowest BCUT2D eigenvalue weighted by Gasteiger charge is -2.67. The molecule has 4 rings (SSSR count). The molecule has 3 amide bonds. The number of nitrogens with one attached hydrogen (secondary N) is 1. The molecule has 3 fully saturated rings. The Bertz CT molecular complexity index is 869. The molecule has 1 aromatic heterocycles. The van der Waals surface area contributed by atoms with E-state index >= 15 is 0 Å². The quantitative estimate of drug-likeness (QED) is 0.735. The summed E-state index contributed by atoms with van der Waals surface area (Å²) >= 11 is 0. The van der Waals surface area contributed by atoms with E-state index in [9.17, 15) is 19.5 Å². The number of likely N-dealkylation sites (tertiary alicyclic amines) is 1. The third-order valence-corrected chi connectivity index (χ3v) is 6.76. The molecule has 2 saturated carbocycles. The lowest BCUT2D eigenvalue weighted by atomic mass is 9.36. The number of nitrogens with zero attached hydrogens (tertiary/aromatic N) is 2. The molecule has 1 aliphatic heterocycles. The molecule has 2 aliphatic carbocycles. The van der Waals surface area contributed by atoms with Gasteiger partial charge in [-0.25, -0.2) is 4.98 Å². The van der Waals surface area contributed by atoms with E-state index in [4.69, 9.17) is 4.74 Å². The smallest absolute Gasteiger partial charge is 0.274 e. The third kappa shape index (κ3) is 2.29. The Balaban J connectivity index is 1.51. The number of aromatic hydroxyl groups is 1. The third-order valence-electron chi connectivity index (χ3n) is 6.76. The van der Waals surface area contributed by atoms with Crippen LogP contribution in [0.25, 0.3) is 0 Å². The van der Waals surface area contributed by atoms with Crippen LogP contribution >= 0.6 is 0 Å². The van der Waals surface area contributed by atoms with Crippen LogP contribution in [0.4, 0.5) is 0 Å². The molecule has 3 aliphatic rings. The van der Waals surface area contributed by atoms with Crippen molar-refractivity contribution in [3.63, 3.8) is 0 Å². The minimum Gasteiger partial charge on any atom is -0.503 e. The van der Waals surface area contributed by atoms with Crippen molar-refractivity contribution in [2.75, 3.05) is 13.7 Å². The molecule has 8 nitrogen and oxygen atoms in total. The first-order valence-corrected chi connectivity index (χ1v) is 9.59. The summed E-state index contributed by atoms with van der Waals surface area (Å²) in [7, 11) is 1.40. The van der Waals surface area contributed by atoms with Gasteiger partial charge in [-0.05, 0) is 18.3 Å². The van der Waals surface area contributed by atoms with Gasteiger partial charge in [-0.3, -0.25) is 19.3 Å². The molecule has 1 saturated heterocycles. The van der Waals surface area contributed by atoms with E-state index in [2.05, 4.69) is 10.3 Å². The number of carbonyl (C=O) groups excluding carboxylic acids is 3. The van der Waals surface area contributed by atoms with Crippen molar-refractivity contribution in [1.29, 1.82) is 0 Å². The highest BCUT2D eigenvalue weighted by Crippen LogP contribution is 2.70. The van der Waals surface area contributed by atoms with Crippen LogP contribution in [0.15, 0.2) is 12.3 Å². The van der Waals surface area contributed by atoms with E-state index < -0.39 is 11.3 Å². The highest BCUT2D eigenvalue weighted by atomic mass is 16.5. The highest BCUT2D eigenvalue weighted by Gasteiger charge is 2.77. The molecule has 2 heterocycles. The van der Waals surface area contributed by atoms with Gasteiger partial charge in [-0.2, -0.15) is 0 Å². The van der Waals surface area contributed by atoms with E-state index in [-0.39, 0.29) is 58.7 Å². The maximum atomic E-state index is 12.9. The molecule has 0 bridgehead atoms. The predicted octanol–water partition coefficient (Wildman–Crippen LogP) is 1.19. The van der Waals surface area contributed by atoms with Gasteiger partial charge in [0.2, 0.25) is 11.8 Å². The van der Waals surface area contributed by atoms with Gasteiger partial charge in [0.25, 0.3) is 5.91 Å². The number of methoxy groups -OCH3 is 1. The second-order valence-corrected chi connectivity index (χ2v) is 8.63. The average Bonchev–Trinajstić information content (AvgIpc) is 2.86. The normalized spacial score (nSPS) is 33.1. The number of carbonyl (C=O) groups is 3. The standard InChI is InChI=1S/C20H25N3O5/c1-9(2)8-23-18(26)13-10-7-12(20(10,3)14(13)19(23)27)22-17(25)15-16(24)11(28-4)5-6-21-15/h5-6,9-10,12-14,24H,7-8H2,1-4H3,(H,22,25)/t10?,12-,13?,14?,20?/m1/s1. The largest absolute Gasteiger partial charge is 0.503 e. The van der Waals surface area contributed by atoms with Crippen molar-refractivity contribution < 1.29 is 24.2 Å². The van der Waals surface area contributed by atoms with E-state index in [1.54, 1.807) is 0 Å². The van der Waals surface area contributed by atoms with Gasteiger partial charge in [-0.1, -0.05) is 20.8 Å². The molecular weight excluding hydrogens is 362 g/mol. The van der Waals surface area contributed by atoms with E-state index in [0.717, 1.165) is 0 Å². The number of aromatic nitrogens is 1. The highest BCUT2D eigenvalue weighted by molar-refractivity contribution is 6.08. The number of hydrogen-bond donors (Lipinski definition) is 2. The predicted molar refractivity (Wildman–Crippen MR) is 98.5 cm³/mol. The molecule has 5 atom stereocenters. The number of fused-ring (bicyclic) bond motifs is 4. The summed E-state index contributed by atoms with van der Waals surface area (Å²) in [6, 6.07) is 1.23. The van der Waals surface area contributed by atoms with E-state index in [1.165, 1.54) is 24.3 Å². The van der Waals surface area contributed by atoms with Gasteiger partial charge >= 0.3 is 0 Å². The summed E-state index contributed by atoms with van der Waals surface area (Å²) in [6.45, 7) is 6.36. The first-order chi connectivity index (χ1) is 13.2. The van der Waals surface area contributed by atoms with Crippen molar-refractivity contribution in [2.45, 2.75) is 33.2 Å². The maximum Gasteiger partial charge on any atom is 0.274 e. The van der Waals surface area contributed by atoms with Crippen LogP contribution in [0.2, 0.25) is 0 Å². The van der Waals surface area contributed by atoms with E-state index in [0.29, 0.717) is 13.0 Å². The molecule has 4 unspecified atom stereocenters. The van der Waals surface area contributed by atoms with Crippen molar-refractivity contribution >= 4 is 17.7 Å². The molecular formula is C20H25N3O5. The van der Waals surface area contributed by atoms with Gasteiger partial charge in [0.15, 0.2) is 17.2 Å². The molecule has 2 N–H and O–H groups in total. The SMILES string of the molecule is COc1ccnc(C(=O)N[C@@H]2CC3C4C(=O)N(CC(C)C)C(=O)C4C32C)c1O. The fourth-order valence-corrected chi connectivity index (χ4v) is 5.29. The minimum atomic E-state index is -0.514. The summed E-state index contributed by atoms with van der Waals surface area (Å²) in [5.74, 6) is -1.17. The van der Waals surface area contributed by atoms with Crippen LogP contribution < -0.4 is 10.1 Å². The zero-order valence-corrected chi connectivity index (χ0v) is 16.4. The molecule has 0 spiro atoms. The van der Waals surface area contributed by atoms with Gasteiger partial charge in [0.1, 0.15) is 0 Å².